The molecule has 2 N–H and O–H groups in total. The van der Waals surface area contributed by atoms with Crippen molar-refractivity contribution >= 4 is 44.1 Å². The minimum atomic E-state index is 0.358. The second-order valence-corrected chi connectivity index (χ2v) is 4.30. The molecule has 0 aliphatic carbocycles. The van der Waals surface area contributed by atoms with Gasteiger partial charge in [0.25, 0.3) is 0 Å². The Labute approximate surface area is 99.6 Å². The van der Waals surface area contributed by atoms with Crippen molar-refractivity contribution in [3.05, 3.63) is 33.4 Å². The molecule has 0 atom stereocenters. The van der Waals surface area contributed by atoms with Crippen molar-refractivity contribution in [3.63, 3.8) is 0 Å². The monoisotopic (exact) mass is 281 g/mol. The summed E-state index contributed by atoms with van der Waals surface area (Å²) in [5, 5.41) is 10.00. The van der Waals surface area contributed by atoms with E-state index < -0.39 is 0 Å². The maximum absolute atomic E-state index is 8.80. The van der Waals surface area contributed by atoms with E-state index in [4.69, 9.17) is 22.6 Å². The molecule has 1 heterocycles. The number of nitrogen functional groups attached to an aromatic ring is 1. The van der Waals surface area contributed by atoms with Crippen LogP contribution >= 0.6 is 27.5 Å². The van der Waals surface area contributed by atoms with Gasteiger partial charge >= 0.3 is 0 Å². The second kappa shape index (κ2) is 3.69. The van der Waals surface area contributed by atoms with E-state index in [0.717, 1.165) is 4.47 Å². The number of nitrogens with two attached hydrogens (primary N) is 1. The number of anilines is 1. The normalized spacial score (nSPS) is 10.2. The molecule has 15 heavy (non-hydrogen) atoms. The summed E-state index contributed by atoms with van der Waals surface area (Å²) < 4.78 is 0.809. The van der Waals surface area contributed by atoms with E-state index in [1.165, 1.54) is 6.20 Å². The summed E-state index contributed by atoms with van der Waals surface area (Å²) in [6.45, 7) is 0. The molecule has 0 amide bonds. The van der Waals surface area contributed by atoms with Crippen molar-refractivity contribution in [1.82, 2.24) is 4.98 Å². The molecule has 0 bridgehead atoms. The van der Waals surface area contributed by atoms with E-state index >= 15 is 0 Å². The van der Waals surface area contributed by atoms with E-state index in [1.54, 1.807) is 12.1 Å². The molecule has 0 saturated heterocycles. The molecule has 0 unspecified atom stereocenters. The number of halogens is 2. The van der Waals surface area contributed by atoms with Crippen molar-refractivity contribution in [2.24, 2.45) is 0 Å². The number of benzene rings is 1. The van der Waals surface area contributed by atoms with Crippen LogP contribution in [-0.2, 0) is 0 Å². The van der Waals surface area contributed by atoms with E-state index in [0.29, 0.717) is 27.2 Å². The highest BCUT2D eigenvalue weighted by Crippen LogP contribution is 2.31. The number of nitriles is 1. The SMILES string of the molecule is N#Cc1cnc2c(Cl)cc(Br)cc2c1N. The van der Waals surface area contributed by atoms with Crippen molar-refractivity contribution in [2.45, 2.75) is 0 Å². The van der Waals surface area contributed by atoms with Gasteiger partial charge in [-0.25, -0.2) is 0 Å². The van der Waals surface area contributed by atoms with Gasteiger partial charge < -0.3 is 5.73 Å². The fraction of sp³-hybridized carbons (Fsp3) is 0. The third kappa shape index (κ3) is 1.65. The van der Waals surface area contributed by atoms with Gasteiger partial charge in [-0.1, -0.05) is 27.5 Å². The Bertz CT molecular complexity index is 589. The molecule has 74 valence electrons. The van der Waals surface area contributed by atoms with Crippen LogP contribution < -0.4 is 5.73 Å². The molecule has 0 radical (unpaired) electrons. The van der Waals surface area contributed by atoms with Crippen LogP contribution in [0, 0.1) is 11.3 Å². The third-order valence-corrected chi connectivity index (χ3v) is 2.80. The Kier molecular flexibility index (Phi) is 2.51. The molecule has 1 aromatic heterocycles. The molecular formula is C10H5BrClN3. The summed E-state index contributed by atoms with van der Waals surface area (Å²) in [6.07, 6.45) is 1.43. The zero-order valence-electron chi connectivity index (χ0n) is 7.46. The molecule has 0 spiro atoms. The van der Waals surface area contributed by atoms with Crippen LogP contribution in [0.5, 0.6) is 0 Å². The van der Waals surface area contributed by atoms with Gasteiger partial charge in [-0.2, -0.15) is 5.26 Å². The van der Waals surface area contributed by atoms with E-state index in [-0.39, 0.29) is 0 Å². The van der Waals surface area contributed by atoms with Crippen LogP contribution in [0.25, 0.3) is 10.9 Å². The lowest BCUT2D eigenvalue weighted by molar-refractivity contribution is 1.37. The first-order chi connectivity index (χ1) is 7.13. The van der Waals surface area contributed by atoms with Crippen LogP contribution in [0.1, 0.15) is 5.56 Å². The smallest absolute Gasteiger partial charge is 0.103 e. The molecule has 3 nitrogen and oxygen atoms in total. The zero-order chi connectivity index (χ0) is 11.0. The fourth-order valence-electron chi connectivity index (χ4n) is 1.34. The number of nitrogens with zero attached hydrogens (tertiary/aromatic N) is 2. The van der Waals surface area contributed by atoms with Gasteiger partial charge in [0.1, 0.15) is 6.07 Å². The summed E-state index contributed by atoms with van der Waals surface area (Å²) >= 11 is 9.31. The lowest BCUT2D eigenvalue weighted by Gasteiger charge is -2.05. The number of fused-ring (bicyclic) bond motifs is 1. The van der Waals surface area contributed by atoms with Crippen LogP contribution in [-0.4, -0.2) is 4.98 Å². The predicted octanol–water partition coefficient (Wildman–Crippen LogP) is 3.10. The summed E-state index contributed by atoms with van der Waals surface area (Å²) in [5.74, 6) is 0. The van der Waals surface area contributed by atoms with Crippen molar-refractivity contribution in [3.8, 4) is 6.07 Å². The van der Waals surface area contributed by atoms with Crippen LogP contribution in [0.3, 0.4) is 0 Å². The number of rotatable bonds is 0. The van der Waals surface area contributed by atoms with Gasteiger partial charge in [0.05, 0.1) is 21.8 Å². The third-order valence-electron chi connectivity index (χ3n) is 2.05. The Morgan fingerprint density at radius 2 is 2.20 bits per heavy atom. The topological polar surface area (TPSA) is 62.7 Å². The van der Waals surface area contributed by atoms with Crippen LogP contribution in [0.4, 0.5) is 5.69 Å². The Morgan fingerprint density at radius 1 is 1.47 bits per heavy atom. The van der Waals surface area contributed by atoms with Gasteiger partial charge in [-0.05, 0) is 12.1 Å². The highest BCUT2D eigenvalue weighted by atomic mass is 79.9. The molecule has 2 rings (SSSR count). The fourth-order valence-corrected chi connectivity index (χ4v) is 2.19. The summed E-state index contributed by atoms with van der Waals surface area (Å²) in [7, 11) is 0. The number of hydrogen-bond donors (Lipinski definition) is 1. The van der Waals surface area contributed by atoms with Gasteiger partial charge in [0.15, 0.2) is 0 Å². The summed E-state index contributed by atoms with van der Waals surface area (Å²) in [5.41, 5.74) is 7.20. The van der Waals surface area contributed by atoms with Crippen LogP contribution in [0.2, 0.25) is 5.02 Å². The van der Waals surface area contributed by atoms with E-state index in [9.17, 15) is 0 Å². The van der Waals surface area contributed by atoms with E-state index in [2.05, 4.69) is 20.9 Å². The molecule has 2 aromatic rings. The lowest BCUT2D eigenvalue weighted by Crippen LogP contribution is -1.94. The van der Waals surface area contributed by atoms with Gasteiger partial charge in [0.2, 0.25) is 0 Å². The minimum absolute atomic E-state index is 0.358. The highest BCUT2D eigenvalue weighted by molar-refractivity contribution is 9.10. The average molecular weight is 283 g/mol. The maximum Gasteiger partial charge on any atom is 0.103 e. The van der Waals surface area contributed by atoms with Gasteiger partial charge in [-0.3, -0.25) is 4.98 Å². The lowest BCUT2D eigenvalue weighted by atomic mass is 10.1. The van der Waals surface area contributed by atoms with Gasteiger partial charge in [-0.15, -0.1) is 0 Å². The molecule has 0 fully saturated rings. The average Bonchev–Trinajstić information content (AvgIpc) is 2.19. The number of hydrogen-bond acceptors (Lipinski definition) is 3. The largest absolute Gasteiger partial charge is 0.397 e. The summed E-state index contributed by atoms with van der Waals surface area (Å²) in [4.78, 5) is 4.10. The summed E-state index contributed by atoms with van der Waals surface area (Å²) in [6, 6.07) is 5.51. The standard InChI is InChI=1S/C10H5BrClN3/c11-6-1-7-9(14)5(3-13)4-15-10(7)8(12)2-6/h1-2,4H,(H2,14,15). The molecule has 1 aromatic carbocycles. The van der Waals surface area contributed by atoms with Crippen molar-refractivity contribution < 1.29 is 0 Å². The first kappa shape index (κ1) is 10.2. The molecule has 0 saturated carbocycles. The zero-order valence-corrected chi connectivity index (χ0v) is 9.80. The minimum Gasteiger partial charge on any atom is -0.397 e. The second-order valence-electron chi connectivity index (χ2n) is 2.98. The predicted molar refractivity (Wildman–Crippen MR) is 63.6 cm³/mol. The van der Waals surface area contributed by atoms with Gasteiger partial charge in [0, 0.05) is 16.1 Å². The Morgan fingerprint density at radius 3 is 2.87 bits per heavy atom. The molecule has 5 heteroatoms. The van der Waals surface area contributed by atoms with Crippen molar-refractivity contribution in [2.75, 3.05) is 5.73 Å². The number of pyridine rings is 1. The first-order valence-electron chi connectivity index (χ1n) is 4.07. The Balaban J connectivity index is 2.94. The molecule has 0 aliphatic heterocycles. The number of aromatic nitrogens is 1. The van der Waals surface area contributed by atoms with Crippen LogP contribution in [0.15, 0.2) is 22.8 Å². The van der Waals surface area contributed by atoms with E-state index in [1.807, 2.05) is 6.07 Å². The maximum atomic E-state index is 8.80. The quantitative estimate of drug-likeness (QED) is 0.807. The van der Waals surface area contributed by atoms with Crippen molar-refractivity contribution in [1.29, 1.82) is 5.26 Å². The Hall–Kier alpha value is -1.31. The highest BCUT2D eigenvalue weighted by Gasteiger charge is 2.08. The molecular weight excluding hydrogens is 277 g/mol. The molecule has 0 aliphatic rings. The first-order valence-corrected chi connectivity index (χ1v) is 5.24.